The smallest absolute Gasteiger partial charge is 0.306 e. The molecule has 170 valence electrons. The molecular weight excluding hydrogens is 362 g/mol. The second kappa shape index (κ2) is 15.6. The summed E-state index contributed by atoms with van der Waals surface area (Å²) in [4.78, 5) is 14.1. The van der Waals surface area contributed by atoms with Gasteiger partial charge in [0.05, 0.1) is 6.54 Å². The number of hydrogen-bond acceptors (Lipinski definition) is 4. The van der Waals surface area contributed by atoms with Crippen molar-refractivity contribution in [2.75, 3.05) is 19.7 Å². The Morgan fingerprint density at radius 1 is 0.966 bits per heavy atom. The van der Waals surface area contributed by atoms with Gasteiger partial charge in [-0.25, -0.2) is 0 Å². The van der Waals surface area contributed by atoms with Crippen LogP contribution in [0.3, 0.4) is 0 Å². The Kier molecular flexibility index (Phi) is 13.9. The fraction of sp³-hybridized carbons (Fsp3) is 0.880. The van der Waals surface area contributed by atoms with Gasteiger partial charge in [0.1, 0.15) is 18.0 Å². The van der Waals surface area contributed by atoms with Gasteiger partial charge < -0.3 is 14.4 Å². The Morgan fingerprint density at radius 2 is 1.59 bits per heavy atom. The third kappa shape index (κ3) is 15.3. The number of rotatable bonds is 16. The van der Waals surface area contributed by atoms with Gasteiger partial charge in [0.2, 0.25) is 0 Å². The summed E-state index contributed by atoms with van der Waals surface area (Å²) >= 11 is 0. The number of unbranched alkanes of at least 4 members (excludes halogenated alkanes) is 10. The third-order valence-electron chi connectivity index (χ3n) is 5.27. The second-order valence-electron chi connectivity index (χ2n) is 9.46. The van der Waals surface area contributed by atoms with Crippen molar-refractivity contribution in [3.05, 3.63) is 12.0 Å². The van der Waals surface area contributed by atoms with Gasteiger partial charge in [-0.1, -0.05) is 64.7 Å². The van der Waals surface area contributed by atoms with Gasteiger partial charge in [-0.2, -0.15) is 0 Å². The molecule has 0 fully saturated rings. The topological polar surface area (TPSA) is 38.8 Å². The lowest BCUT2D eigenvalue weighted by molar-refractivity contribution is -0.154. The lowest BCUT2D eigenvalue weighted by Gasteiger charge is -2.27. The summed E-state index contributed by atoms with van der Waals surface area (Å²) in [6.07, 6.45) is 18.9. The molecule has 1 heterocycles. The molecule has 1 aliphatic heterocycles. The maximum atomic E-state index is 11.7. The molecule has 0 spiro atoms. The molecule has 4 nitrogen and oxygen atoms in total. The van der Waals surface area contributed by atoms with Crippen molar-refractivity contribution in [3.8, 4) is 0 Å². The zero-order chi connectivity index (χ0) is 21.4. The monoisotopic (exact) mass is 409 g/mol. The molecule has 1 aliphatic rings. The lowest BCUT2D eigenvalue weighted by Crippen LogP contribution is -2.28. The molecule has 0 bridgehead atoms. The number of nitrogens with zero attached hydrogens (tertiary/aromatic N) is 1. The van der Waals surface area contributed by atoms with Crippen molar-refractivity contribution in [2.45, 2.75) is 123 Å². The molecule has 0 atom stereocenters. The van der Waals surface area contributed by atoms with E-state index in [9.17, 15) is 4.79 Å². The van der Waals surface area contributed by atoms with Gasteiger partial charge >= 0.3 is 5.97 Å². The van der Waals surface area contributed by atoms with Crippen LogP contribution in [-0.4, -0.2) is 36.2 Å². The Morgan fingerprint density at radius 3 is 2.28 bits per heavy atom. The van der Waals surface area contributed by atoms with E-state index in [1.54, 1.807) is 0 Å². The number of hydrogen-bond donors (Lipinski definition) is 0. The third-order valence-corrected chi connectivity index (χ3v) is 5.27. The van der Waals surface area contributed by atoms with Crippen molar-refractivity contribution in [3.63, 3.8) is 0 Å². The molecule has 0 saturated heterocycles. The molecule has 0 N–H and O–H groups in total. The highest BCUT2D eigenvalue weighted by Gasteiger charge is 2.15. The van der Waals surface area contributed by atoms with E-state index in [-0.39, 0.29) is 11.6 Å². The Hall–Kier alpha value is -1.19. The number of carbonyl (C=O) groups is 1. The normalized spacial score (nSPS) is 14.5. The van der Waals surface area contributed by atoms with Crippen molar-refractivity contribution >= 4 is 5.97 Å². The highest BCUT2D eigenvalue weighted by Crippen LogP contribution is 2.18. The van der Waals surface area contributed by atoms with Crippen LogP contribution in [0, 0.1) is 0 Å². The van der Waals surface area contributed by atoms with Crippen molar-refractivity contribution in [2.24, 2.45) is 0 Å². The summed E-state index contributed by atoms with van der Waals surface area (Å²) in [5.41, 5.74) is -0.364. The molecule has 4 heteroatoms. The van der Waals surface area contributed by atoms with E-state index in [4.69, 9.17) is 9.47 Å². The molecule has 0 aromatic carbocycles. The summed E-state index contributed by atoms with van der Waals surface area (Å²) < 4.78 is 11.2. The standard InChI is InChI=1S/C25H47NO3/c1-5-6-7-8-13-16-19-26-20-21-28-23(22-26)17-14-11-9-10-12-15-18-24(27)29-25(2,3)4/h22H,5-21H2,1-4H3. The molecule has 0 aliphatic carbocycles. The summed E-state index contributed by atoms with van der Waals surface area (Å²) in [5, 5.41) is 0. The SMILES string of the molecule is CCCCCCCCN1C=C(CCCCCCCCC(=O)OC(C)(C)C)OCC1. The van der Waals surface area contributed by atoms with Crippen molar-refractivity contribution in [1.29, 1.82) is 0 Å². The van der Waals surface area contributed by atoms with Crippen LogP contribution in [0.25, 0.3) is 0 Å². The zero-order valence-corrected chi connectivity index (χ0v) is 19.8. The van der Waals surface area contributed by atoms with Crippen molar-refractivity contribution in [1.82, 2.24) is 4.90 Å². The molecule has 0 aromatic rings. The Balaban J connectivity index is 2.00. The van der Waals surface area contributed by atoms with Gasteiger partial charge in [0, 0.05) is 25.6 Å². The summed E-state index contributed by atoms with van der Waals surface area (Å²) in [6, 6.07) is 0. The molecular formula is C25H47NO3. The molecule has 0 saturated carbocycles. The first-order valence-electron chi connectivity index (χ1n) is 12.2. The lowest BCUT2D eigenvalue weighted by atomic mass is 10.1. The van der Waals surface area contributed by atoms with E-state index in [2.05, 4.69) is 18.0 Å². The minimum Gasteiger partial charge on any atom is -0.495 e. The summed E-state index contributed by atoms with van der Waals surface area (Å²) in [6.45, 7) is 11.1. The average Bonchev–Trinajstić information content (AvgIpc) is 2.65. The number of allylic oxidation sites excluding steroid dienone is 1. The van der Waals surface area contributed by atoms with Crippen LogP contribution < -0.4 is 0 Å². The van der Waals surface area contributed by atoms with E-state index >= 15 is 0 Å². The van der Waals surface area contributed by atoms with Crippen molar-refractivity contribution < 1.29 is 14.3 Å². The largest absolute Gasteiger partial charge is 0.495 e. The maximum Gasteiger partial charge on any atom is 0.306 e. The first kappa shape index (κ1) is 25.8. The fourth-order valence-electron chi connectivity index (χ4n) is 3.68. The molecule has 0 aromatic heterocycles. The van der Waals surface area contributed by atoms with Crippen LogP contribution in [-0.2, 0) is 14.3 Å². The number of ether oxygens (including phenoxy) is 2. The summed E-state index contributed by atoms with van der Waals surface area (Å²) in [5.74, 6) is 1.11. The van der Waals surface area contributed by atoms with Crippen LogP contribution in [0.4, 0.5) is 0 Å². The number of carbonyl (C=O) groups excluding carboxylic acids is 1. The minimum absolute atomic E-state index is 0.0654. The average molecular weight is 410 g/mol. The molecule has 29 heavy (non-hydrogen) atoms. The Bertz CT molecular complexity index is 453. The van der Waals surface area contributed by atoms with E-state index < -0.39 is 0 Å². The van der Waals surface area contributed by atoms with Gasteiger partial charge in [0.25, 0.3) is 0 Å². The first-order valence-corrected chi connectivity index (χ1v) is 12.2. The number of esters is 1. The predicted octanol–water partition coefficient (Wildman–Crippen LogP) is 6.98. The van der Waals surface area contributed by atoms with Crippen LogP contribution in [0.5, 0.6) is 0 Å². The molecule has 0 unspecified atom stereocenters. The molecule has 0 amide bonds. The second-order valence-corrected chi connectivity index (χ2v) is 9.46. The Labute approximate surface area is 180 Å². The summed E-state index contributed by atoms with van der Waals surface area (Å²) in [7, 11) is 0. The van der Waals surface area contributed by atoms with E-state index in [1.165, 1.54) is 76.5 Å². The van der Waals surface area contributed by atoms with Gasteiger partial charge in [-0.05, 0) is 40.0 Å². The molecule has 1 rings (SSSR count). The van der Waals surface area contributed by atoms with Gasteiger partial charge in [-0.15, -0.1) is 0 Å². The zero-order valence-electron chi connectivity index (χ0n) is 19.8. The van der Waals surface area contributed by atoms with E-state index in [1.807, 2.05) is 20.8 Å². The van der Waals surface area contributed by atoms with Crippen LogP contribution in [0.15, 0.2) is 12.0 Å². The van der Waals surface area contributed by atoms with E-state index in [0.717, 1.165) is 32.4 Å². The minimum atomic E-state index is -0.364. The van der Waals surface area contributed by atoms with Crippen LogP contribution >= 0.6 is 0 Å². The fourth-order valence-corrected chi connectivity index (χ4v) is 3.68. The predicted molar refractivity (Wildman–Crippen MR) is 122 cm³/mol. The van der Waals surface area contributed by atoms with Crippen LogP contribution in [0.1, 0.15) is 118 Å². The quantitative estimate of drug-likeness (QED) is 0.203. The van der Waals surface area contributed by atoms with Gasteiger partial charge in [0.15, 0.2) is 0 Å². The highest BCUT2D eigenvalue weighted by atomic mass is 16.6. The first-order chi connectivity index (χ1) is 13.9. The highest BCUT2D eigenvalue weighted by molar-refractivity contribution is 5.69. The van der Waals surface area contributed by atoms with Crippen LogP contribution in [0.2, 0.25) is 0 Å². The van der Waals surface area contributed by atoms with E-state index in [0.29, 0.717) is 6.42 Å². The maximum absolute atomic E-state index is 11.7. The molecule has 0 radical (unpaired) electrons. The van der Waals surface area contributed by atoms with Gasteiger partial charge in [-0.3, -0.25) is 4.79 Å².